The van der Waals surface area contributed by atoms with Crippen LogP contribution < -0.4 is 5.73 Å². The Morgan fingerprint density at radius 3 is 2.68 bits per heavy atom. The maximum Gasteiger partial charge on any atom is 0.186 e. The van der Waals surface area contributed by atoms with Gasteiger partial charge in [0.25, 0.3) is 0 Å². The fraction of sp³-hybridized carbons (Fsp3) is 0.500. The lowest BCUT2D eigenvalue weighted by molar-refractivity contribution is 0.409. The summed E-state index contributed by atoms with van der Waals surface area (Å²) < 4.78 is 26.7. The fourth-order valence-corrected chi connectivity index (χ4v) is 2.37. The van der Waals surface area contributed by atoms with E-state index in [9.17, 15) is 8.78 Å². The van der Waals surface area contributed by atoms with E-state index in [0.29, 0.717) is 36.1 Å². The Morgan fingerprint density at radius 2 is 2.05 bits per heavy atom. The minimum atomic E-state index is -0.895. The Morgan fingerprint density at radius 1 is 1.32 bits per heavy atom. The van der Waals surface area contributed by atoms with Crippen LogP contribution in [-0.4, -0.2) is 16.5 Å². The zero-order valence-corrected chi connectivity index (χ0v) is 11.2. The third-order valence-electron chi connectivity index (χ3n) is 3.21. The number of imidazole rings is 1. The van der Waals surface area contributed by atoms with E-state index in [0.717, 1.165) is 12.5 Å². The van der Waals surface area contributed by atoms with E-state index in [4.69, 9.17) is 5.73 Å². The van der Waals surface area contributed by atoms with Crippen LogP contribution in [0.5, 0.6) is 0 Å². The van der Waals surface area contributed by atoms with E-state index in [1.807, 2.05) is 0 Å². The molecule has 0 saturated heterocycles. The van der Waals surface area contributed by atoms with Crippen LogP contribution in [0.2, 0.25) is 0 Å². The third-order valence-corrected chi connectivity index (χ3v) is 3.21. The number of benzene rings is 1. The smallest absolute Gasteiger partial charge is 0.186 e. The number of H-pyrrole nitrogens is 1. The summed E-state index contributed by atoms with van der Waals surface area (Å²) in [5.74, 6) is -0.257. The Hall–Kier alpha value is -1.49. The predicted octanol–water partition coefficient (Wildman–Crippen LogP) is 3.00. The van der Waals surface area contributed by atoms with Crippen LogP contribution in [0.1, 0.15) is 26.1 Å². The summed E-state index contributed by atoms with van der Waals surface area (Å²) in [5.41, 5.74) is 6.33. The van der Waals surface area contributed by atoms with Crippen LogP contribution in [0.25, 0.3) is 11.0 Å². The van der Waals surface area contributed by atoms with Crippen molar-refractivity contribution in [2.24, 2.45) is 17.6 Å². The topological polar surface area (TPSA) is 54.7 Å². The van der Waals surface area contributed by atoms with E-state index in [2.05, 4.69) is 23.8 Å². The van der Waals surface area contributed by atoms with Gasteiger partial charge in [0.1, 0.15) is 11.3 Å². The van der Waals surface area contributed by atoms with Crippen molar-refractivity contribution in [3.05, 3.63) is 29.6 Å². The molecule has 0 amide bonds. The number of hydrogen-bond donors (Lipinski definition) is 2. The molecule has 0 saturated carbocycles. The van der Waals surface area contributed by atoms with Crippen LogP contribution in [0.4, 0.5) is 8.78 Å². The zero-order valence-electron chi connectivity index (χ0n) is 11.2. The molecular weight excluding hydrogens is 248 g/mol. The molecule has 104 valence electrons. The summed E-state index contributed by atoms with van der Waals surface area (Å²) in [6, 6.07) is 2.61. The first-order chi connectivity index (χ1) is 9.01. The first-order valence-electron chi connectivity index (χ1n) is 6.54. The van der Waals surface area contributed by atoms with Crippen molar-refractivity contribution in [2.75, 3.05) is 6.54 Å². The fourth-order valence-electron chi connectivity index (χ4n) is 2.37. The van der Waals surface area contributed by atoms with Crippen molar-refractivity contribution in [1.82, 2.24) is 9.97 Å². The van der Waals surface area contributed by atoms with Gasteiger partial charge in [0.2, 0.25) is 0 Å². The Kier molecular flexibility index (Phi) is 4.14. The molecule has 1 atom stereocenters. The van der Waals surface area contributed by atoms with E-state index in [1.165, 1.54) is 6.07 Å². The molecule has 0 aliphatic rings. The molecule has 0 spiro atoms. The van der Waals surface area contributed by atoms with Gasteiger partial charge >= 0.3 is 0 Å². The van der Waals surface area contributed by atoms with Gasteiger partial charge in [0.15, 0.2) is 11.6 Å². The molecule has 5 heteroatoms. The summed E-state index contributed by atoms with van der Waals surface area (Å²) in [6.07, 6.45) is 1.65. The molecule has 2 rings (SSSR count). The SMILES string of the molecule is CC(C)CC(CN)Cc1nc2c(F)c(F)ccc2[nH]1. The Bertz CT molecular complexity index is 563. The molecule has 0 fully saturated rings. The van der Waals surface area contributed by atoms with Crippen molar-refractivity contribution >= 4 is 11.0 Å². The molecule has 0 aliphatic heterocycles. The second-order valence-corrected chi connectivity index (χ2v) is 5.38. The zero-order chi connectivity index (χ0) is 14.0. The van der Waals surface area contributed by atoms with Crippen LogP contribution in [0.15, 0.2) is 12.1 Å². The van der Waals surface area contributed by atoms with Gasteiger partial charge in [-0.15, -0.1) is 0 Å². The van der Waals surface area contributed by atoms with Crippen LogP contribution in [0, 0.1) is 23.5 Å². The van der Waals surface area contributed by atoms with E-state index in [1.54, 1.807) is 0 Å². The van der Waals surface area contributed by atoms with Crippen molar-refractivity contribution in [2.45, 2.75) is 26.7 Å². The summed E-state index contributed by atoms with van der Waals surface area (Å²) >= 11 is 0. The summed E-state index contributed by atoms with van der Waals surface area (Å²) in [6.45, 7) is 4.83. The van der Waals surface area contributed by atoms with Crippen LogP contribution >= 0.6 is 0 Å². The largest absolute Gasteiger partial charge is 0.342 e. The van der Waals surface area contributed by atoms with Crippen LogP contribution in [-0.2, 0) is 6.42 Å². The molecule has 1 aromatic carbocycles. The molecule has 0 aliphatic carbocycles. The van der Waals surface area contributed by atoms with Crippen molar-refractivity contribution in [3.63, 3.8) is 0 Å². The predicted molar refractivity (Wildman–Crippen MR) is 71.7 cm³/mol. The monoisotopic (exact) mass is 267 g/mol. The van der Waals surface area contributed by atoms with E-state index < -0.39 is 11.6 Å². The first-order valence-corrected chi connectivity index (χ1v) is 6.54. The normalized spacial score (nSPS) is 13.4. The van der Waals surface area contributed by atoms with Gasteiger partial charge in [-0.3, -0.25) is 0 Å². The molecule has 3 N–H and O–H groups in total. The maximum absolute atomic E-state index is 13.6. The molecule has 1 unspecified atom stereocenters. The Labute approximate surface area is 111 Å². The standard InChI is InChI=1S/C14H19F2N3/c1-8(2)5-9(7-17)6-12-18-11-4-3-10(15)13(16)14(11)19-12/h3-4,8-9H,5-7,17H2,1-2H3,(H,18,19). The molecule has 2 aromatic rings. The van der Waals surface area contributed by atoms with Gasteiger partial charge in [-0.25, -0.2) is 13.8 Å². The van der Waals surface area contributed by atoms with Gasteiger partial charge in [0, 0.05) is 6.42 Å². The van der Waals surface area contributed by atoms with Crippen molar-refractivity contribution in [1.29, 1.82) is 0 Å². The average molecular weight is 267 g/mol. The summed E-state index contributed by atoms with van der Waals surface area (Å²) in [7, 11) is 0. The van der Waals surface area contributed by atoms with Gasteiger partial charge < -0.3 is 10.7 Å². The molecular formula is C14H19F2N3. The molecule has 1 heterocycles. The lowest BCUT2D eigenvalue weighted by Gasteiger charge is -2.15. The minimum Gasteiger partial charge on any atom is -0.342 e. The van der Waals surface area contributed by atoms with Gasteiger partial charge in [-0.2, -0.15) is 0 Å². The number of rotatable bonds is 5. The molecule has 0 bridgehead atoms. The number of nitrogens with two attached hydrogens (primary N) is 1. The maximum atomic E-state index is 13.6. The number of halogens is 2. The lowest BCUT2D eigenvalue weighted by atomic mass is 9.94. The number of nitrogens with zero attached hydrogens (tertiary/aromatic N) is 1. The molecule has 3 nitrogen and oxygen atoms in total. The highest BCUT2D eigenvalue weighted by molar-refractivity contribution is 5.75. The molecule has 0 radical (unpaired) electrons. The first kappa shape index (κ1) is 13.9. The molecule has 19 heavy (non-hydrogen) atoms. The van der Waals surface area contributed by atoms with Crippen LogP contribution in [0.3, 0.4) is 0 Å². The summed E-state index contributed by atoms with van der Waals surface area (Å²) in [4.78, 5) is 7.17. The highest BCUT2D eigenvalue weighted by Crippen LogP contribution is 2.21. The highest BCUT2D eigenvalue weighted by Gasteiger charge is 2.15. The van der Waals surface area contributed by atoms with E-state index >= 15 is 0 Å². The number of aromatic amines is 1. The quantitative estimate of drug-likeness (QED) is 0.875. The van der Waals surface area contributed by atoms with Gasteiger partial charge in [0.05, 0.1) is 5.52 Å². The highest BCUT2D eigenvalue weighted by atomic mass is 19.2. The lowest BCUT2D eigenvalue weighted by Crippen LogP contribution is -2.19. The second-order valence-electron chi connectivity index (χ2n) is 5.38. The Balaban J connectivity index is 2.24. The van der Waals surface area contributed by atoms with E-state index in [-0.39, 0.29) is 5.52 Å². The van der Waals surface area contributed by atoms with Crippen molar-refractivity contribution in [3.8, 4) is 0 Å². The number of fused-ring (bicyclic) bond motifs is 1. The second kappa shape index (κ2) is 5.65. The molecule has 1 aromatic heterocycles. The van der Waals surface area contributed by atoms with Gasteiger partial charge in [-0.1, -0.05) is 13.8 Å². The average Bonchev–Trinajstić information content (AvgIpc) is 2.76. The summed E-state index contributed by atoms with van der Waals surface area (Å²) in [5, 5.41) is 0. The van der Waals surface area contributed by atoms with Crippen molar-refractivity contribution < 1.29 is 8.78 Å². The third kappa shape index (κ3) is 3.10. The number of aromatic nitrogens is 2. The number of nitrogens with one attached hydrogen (secondary N) is 1. The number of hydrogen-bond acceptors (Lipinski definition) is 2. The minimum absolute atomic E-state index is 0.0651. The van der Waals surface area contributed by atoms with Gasteiger partial charge in [-0.05, 0) is 36.9 Å².